The number of hydrogen-bond acceptors (Lipinski definition) is 1. The van der Waals surface area contributed by atoms with E-state index in [0.29, 0.717) is 0 Å². The minimum Gasteiger partial charge on any atom is -0.372 e. The number of anilines is 1. The average molecular weight is 256 g/mol. The lowest BCUT2D eigenvalue weighted by Crippen LogP contribution is -2.22. The molecule has 1 aromatic rings. The van der Waals surface area contributed by atoms with E-state index in [9.17, 15) is 0 Å². The van der Waals surface area contributed by atoms with Crippen LogP contribution in [-0.4, -0.2) is 13.1 Å². The van der Waals surface area contributed by atoms with Gasteiger partial charge in [-0.15, -0.1) is 0 Å². The van der Waals surface area contributed by atoms with Crippen LogP contribution >= 0.6 is 15.9 Å². The van der Waals surface area contributed by atoms with Gasteiger partial charge in [0.1, 0.15) is 0 Å². The molecule has 0 radical (unpaired) electrons. The van der Waals surface area contributed by atoms with E-state index in [1.54, 1.807) is 0 Å². The van der Waals surface area contributed by atoms with E-state index in [-0.39, 0.29) is 0 Å². The van der Waals surface area contributed by atoms with Gasteiger partial charge in [-0.25, -0.2) is 0 Å². The highest BCUT2D eigenvalue weighted by molar-refractivity contribution is 9.08. The maximum atomic E-state index is 3.47. The van der Waals surface area contributed by atoms with Crippen LogP contribution in [0.25, 0.3) is 0 Å². The third kappa shape index (κ3) is 2.50. The fourth-order valence-corrected chi connectivity index (χ4v) is 2.07. The number of hydrogen-bond donors (Lipinski definition) is 0. The molecule has 2 heteroatoms. The van der Waals surface area contributed by atoms with Crippen molar-refractivity contribution < 1.29 is 0 Å². The van der Waals surface area contributed by atoms with Gasteiger partial charge in [-0.2, -0.15) is 0 Å². The molecule has 0 saturated heterocycles. The van der Waals surface area contributed by atoms with Crippen LogP contribution in [0.15, 0.2) is 18.2 Å². The van der Waals surface area contributed by atoms with Gasteiger partial charge < -0.3 is 4.90 Å². The first-order valence-electron chi connectivity index (χ1n) is 5.13. The van der Waals surface area contributed by atoms with Gasteiger partial charge in [0.2, 0.25) is 0 Å². The third-order valence-corrected chi connectivity index (χ3v) is 3.17. The fourth-order valence-electron chi connectivity index (χ4n) is 1.72. The van der Waals surface area contributed by atoms with Gasteiger partial charge in [0.05, 0.1) is 0 Å². The molecule has 0 aliphatic heterocycles. The van der Waals surface area contributed by atoms with Gasteiger partial charge in [0.15, 0.2) is 0 Å². The Morgan fingerprint density at radius 3 is 2.29 bits per heavy atom. The molecule has 0 saturated carbocycles. The summed E-state index contributed by atoms with van der Waals surface area (Å²) in [5.41, 5.74) is 4.07. The zero-order valence-electron chi connectivity index (χ0n) is 9.18. The Hall–Kier alpha value is -0.500. The molecular weight excluding hydrogens is 238 g/mol. The third-order valence-electron chi connectivity index (χ3n) is 2.52. The molecule has 0 aromatic heterocycles. The smallest absolute Gasteiger partial charge is 0.0395 e. The van der Waals surface area contributed by atoms with E-state index in [0.717, 1.165) is 18.4 Å². The van der Waals surface area contributed by atoms with Crippen molar-refractivity contribution in [1.82, 2.24) is 0 Å². The lowest BCUT2D eigenvalue weighted by molar-refractivity contribution is 0.861. The Balaban J connectivity index is 2.98. The molecule has 0 atom stereocenters. The first-order valence-corrected chi connectivity index (χ1v) is 6.25. The van der Waals surface area contributed by atoms with Gasteiger partial charge >= 0.3 is 0 Å². The quantitative estimate of drug-likeness (QED) is 0.742. The molecule has 78 valence electrons. The van der Waals surface area contributed by atoms with Gasteiger partial charge in [0.25, 0.3) is 0 Å². The van der Waals surface area contributed by atoms with Crippen LogP contribution < -0.4 is 4.90 Å². The minimum atomic E-state index is 0.937. The lowest BCUT2D eigenvalue weighted by atomic mass is 10.1. The summed E-state index contributed by atoms with van der Waals surface area (Å²) < 4.78 is 0. The molecule has 0 aliphatic carbocycles. The first kappa shape index (κ1) is 11.6. The van der Waals surface area contributed by atoms with Crippen LogP contribution in [0.2, 0.25) is 0 Å². The summed E-state index contributed by atoms with van der Waals surface area (Å²) in [5, 5.41) is 0.937. The lowest BCUT2D eigenvalue weighted by Gasteiger charge is -2.23. The maximum absolute atomic E-state index is 3.47. The van der Waals surface area contributed by atoms with Crippen LogP contribution in [0.4, 0.5) is 5.69 Å². The molecule has 0 heterocycles. The largest absolute Gasteiger partial charge is 0.372 e. The zero-order chi connectivity index (χ0) is 10.6. The molecule has 0 unspecified atom stereocenters. The summed E-state index contributed by atoms with van der Waals surface area (Å²) in [4.78, 5) is 2.38. The molecule has 0 fully saturated rings. The van der Waals surface area contributed by atoms with Crippen LogP contribution in [-0.2, 0) is 5.33 Å². The van der Waals surface area contributed by atoms with E-state index in [1.165, 1.54) is 16.8 Å². The SMILES string of the molecule is CCN(CC)c1ccc(CBr)cc1C. The van der Waals surface area contributed by atoms with Crippen molar-refractivity contribution in [2.24, 2.45) is 0 Å². The van der Waals surface area contributed by atoms with Crippen molar-refractivity contribution in [3.05, 3.63) is 29.3 Å². The summed E-state index contributed by atoms with van der Waals surface area (Å²) >= 11 is 3.47. The topological polar surface area (TPSA) is 3.24 Å². The Labute approximate surface area is 95.2 Å². The summed E-state index contributed by atoms with van der Waals surface area (Å²) in [5.74, 6) is 0. The van der Waals surface area contributed by atoms with Crippen LogP contribution in [0.1, 0.15) is 25.0 Å². The normalized spacial score (nSPS) is 10.3. The number of aryl methyl sites for hydroxylation is 1. The molecule has 0 amide bonds. The second-order valence-corrected chi connectivity index (χ2v) is 3.99. The van der Waals surface area contributed by atoms with E-state index in [4.69, 9.17) is 0 Å². The monoisotopic (exact) mass is 255 g/mol. The molecule has 0 bridgehead atoms. The predicted molar refractivity (Wildman–Crippen MR) is 67.4 cm³/mol. The Kier molecular flexibility index (Phi) is 4.46. The highest BCUT2D eigenvalue weighted by Gasteiger charge is 2.05. The second-order valence-electron chi connectivity index (χ2n) is 3.43. The highest BCUT2D eigenvalue weighted by atomic mass is 79.9. The number of nitrogens with zero attached hydrogens (tertiary/aromatic N) is 1. The average Bonchev–Trinajstić information content (AvgIpc) is 2.22. The number of alkyl halides is 1. The van der Waals surface area contributed by atoms with Crippen molar-refractivity contribution in [3.8, 4) is 0 Å². The van der Waals surface area contributed by atoms with Crippen molar-refractivity contribution in [1.29, 1.82) is 0 Å². The summed E-state index contributed by atoms with van der Waals surface area (Å²) in [6.45, 7) is 8.72. The van der Waals surface area contributed by atoms with Crippen LogP contribution in [0, 0.1) is 6.92 Å². The molecule has 1 aromatic carbocycles. The Morgan fingerprint density at radius 1 is 1.21 bits per heavy atom. The summed E-state index contributed by atoms with van der Waals surface area (Å²) in [6, 6.07) is 6.66. The maximum Gasteiger partial charge on any atom is 0.0395 e. The van der Waals surface area contributed by atoms with Gasteiger partial charge in [-0.3, -0.25) is 0 Å². The highest BCUT2D eigenvalue weighted by Crippen LogP contribution is 2.21. The molecule has 0 N–H and O–H groups in total. The minimum absolute atomic E-state index is 0.937. The fraction of sp³-hybridized carbons (Fsp3) is 0.500. The summed E-state index contributed by atoms with van der Waals surface area (Å²) in [7, 11) is 0. The molecule has 1 rings (SSSR count). The number of benzene rings is 1. The Morgan fingerprint density at radius 2 is 1.86 bits per heavy atom. The van der Waals surface area contributed by atoms with Crippen molar-refractivity contribution in [2.75, 3.05) is 18.0 Å². The molecule has 0 aliphatic rings. The van der Waals surface area contributed by atoms with Gasteiger partial charge in [-0.1, -0.05) is 28.1 Å². The first-order chi connectivity index (χ1) is 6.72. The van der Waals surface area contributed by atoms with Crippen LogP contribution in [0.3, 0.4) is 0 Å². The molecule has 1 nitrogen and oxygen atoms in total. The van der Waals surface area contributed by atoms with Crippen molar-refractivity contribution in [2.45, 2.75) is 26.1 Å². The van der Waals surface area contributed by atoms with E-state index >= 15 is 0 Å². The van der Waals surface area contributed by atoms with E-state index in [1.807, 2.05) is 0 Å². The number of rotatable bonds is 4. The molecular formula is C12H18BrN. The van der Waals surface area contributed by atoms with Crippen molar-refractivity contribution >= 4 is 21.6 Å². The number of halogens is 1. The molecule has 0 spiro atoms. The molecule has 14 heavy (non-hydrogen) atoms. The Bertz CT molecular complexity index is 292. The van der Waals surface area contributed by atoms with Gasteiger partial charge in [0, 0.05) is 24.1 Å². The van der Waals surface area contributed by atoms with E-state index in [2.05, 4.69) is 59.8 Å². The summed E-state index contributed by atoms with van der Waals surface area (Å²) in [6.07, 6.45) is 0. The van der Waals surface area contributed by atoms with Gasteiger partial charge in [-0.05, 0) is 38.0 Å². The standard InChI is InChI=1S/C12H18BrN/c1-4-14(5-2)12-7-6-11(9-13)8-10(12)3/h6-8H,4-5,9H2,1-3H3. The van der Waals surface area contributed by atoms with Crippen molar-refractivity contribution in [3.63, 3.8) is 0 Å². The van der Waals surface area contributed by atoms with E-state index < -0.39 is 0 Å². The second kappa shape index (κ2) is 5.40. The van der Waals surface area contributed by atoms with Crippen LogP contribution in [0.5, 0.6) is 0 Å². The predicted octanol–water partition coefficient (Wildman–Crippen LogP) is 3.74. The zero-order valence-corrected chi connectivity index (χ0v) is 10.8.